The summed E-state index contributed by atoms with van der Waals surface area (Å²) in [5, 5.41) is 2.65. The molecule has 4 atom stereocenters. The number of Topliss-reactive ketones (excluding diaryl/α,β-unsaturated/α-hetero) is 1. The molecule has 3 aliphatic heterocycles. The van der Waals surface area contributed by atoms with Gasteiger partial charge in [-0.3, -0.25) is 14.1 Å². The molecule has 0 aromatic heterocycles. The molecule has 15 heteroatoms. The van der Waals surface area contributed by atoms with Crippen LogP contribution in [0.25, 0.3) is 0 Å². The summed E-state index contributed by atoms with van der Waals surface area (Å²) in [7, 11) is -4.90. The van der Waals surface area contributed by atoms with E-state index in [0.717, 1.165) is 0 Å². The third-order valence-electron chi connectivity index (χ3n) is 4.15. The third kappa shape index (κ3) is 2.66. The molecule has 1 fully saturated rings. The number of guanidine groups is 2. The summed E-state index contributed by atoms with van der Waals surface area (Å²) in [4.78, 5) is 37.8. The zero-order valence-electron chi connectivity index (χ0n) is 12.5. The van der Waals surface area contributed by atoms with Crippen LogP contribution in [-0.2, 0) is 29.0 Å². The number of nitrogens with one attached hydrogen (secondary N) is 1. The predicted molar refractivity (Wildman–Crippen MR) is 79.7 cm³/mol. The van der Waals surface area contributed by atoms with Gasteiger partial charge in [0.25, 0.3) is 0 Å². The molecule has 3 rings (SSSR count). The second-order valence-corrected chi connectivity index (χ2v) is 6.63. The Kier molecular flexibility index (Phi) is 3.82. The van der Waals surface area contributed by atoms with Crippen LogP contribution < -0.4 is 22.7 Å². The summed E-state index contributed by atoms with van der Waals surface area (Å²) < 4.78 is 35.2. The van der Waals surface area contributed by atoms with E-state index in [0.29, 0.717) is 0 Å². The van der Waals surface area contributed by atoms with E-state index in [-0.39, 0.29) is 24.9 Å². The third-order valence-corrected chi connectivity index (χ3v) is 4.63. The van der Waals surface area contributed by atoms with Crippen LogP contribution in [0.4, 0.5) is 0 Å². The van der Waals surface area contributed by atoms with Gasteiger partial charge in [0.1, 0.15) is 6.04 Å². The molecule has 138 valence electrons. The molecule has 1 unspecified atom stereocenters. The molecule has 3 heterocycles. The van der Waals surface area contributed by atoms with Crippen LogP contribution in [0.5, 0.6) is 0 Å². The van der Waals surface area contributed by atoms with Gasteiger partial charge in [-0.2, -0.15) is 14.3 Å². The molecule has 1 spiro atoms. The molecule has 0 saturated carbocycles. The van der Waals surface area contributed by atoms with Crippen molar-refractivity contribution in [3.05, 3.63) is 0 Å². The number of hydrogen-bond donors (Lipinski definition) is 5. The molecule has 0 aromatic rings. The van der Waals surface area contributed by atoms with Crippen molar-refractivity contribution >= 4 is 34.1 Å². The van der Waals surface area contributed by atoms with E-state index in [4.69, 9.17) is 21.9 Å². The van der Waals surface area contributed by atoms with Crippen LogP contribution in [-0.4, -0.2) is 71.9 Å². The Hall–Kier alpha value is -2.49. The van der Waals surface area contributed by atoms with Gasteiger partial charge < -0.3 is 26.5 Å². The fourth-order valence-electron chi connectivity index (χ4n) is 3.30. The molecule has 14 nitrogen and oxygen atoms in total. The Balaban J connectivity index is 2.01. The topological polar surface area (TPSA) is 225 Å². The fourth-order valence-corrected chi connectivity index (χ4v) is 3.74. The summed E-state index contributed by atoms with van der Waals surface area (Å²) in [5.41, 5.74) is 9.83. The van der Waals surface area contributed by atoms with E-state index in [1.165, 1.54) is 4.90 Å². The Morgan fingerprint density at radius 1 is 1.44 bits per heavy atom. The number of carbonyl (C=O) groups excluding carboxylic acids is 2. The molecular formula is C10H15N7O7S. The van der Waals surface area contributed by atoms with Gasteiger partial charge in [-0.15, -0.1) is 0 Å². The summed E-state index contributed by atoms with van der Waals surface area (Å²) in [6.45, 7) is -0.325. The minimum Gasteiger partial charge on any atom is -0.373 e. The normalized spacial score (nSPS) is 33.9. The minimum atomic E-state index is -4.90. The Labute approximate surface area is 140 Å². The lowest BCUT2D eigenvalue weighted by molar-refractivity contribution is -0.145. The van der Waals surface area contributed by atoms with E-state index in [1.54, 1.807) is 0 Å². The van der Waals surface area contributed by atoms with Gasteiger partial charge in [-0.25, -0.2) is 14.2 Å². The van der Waals surface area contributed by atoms with Crippen molar-refractivity contribution in [3.8, 4) is 0 Å². The van der Waals surface area contributed by atoms with Crippen LogP contribution in [0.2, 0.25) is 0 Å². The standard InChI is InChI=1S/C10H15N7O7S/c11-8-15-6-3(1-5(18)23-13)14-9(12)17-2-4(24-25(20,21)22)7(19)10(6,17)16-8/h3-4,6H,1-2,13H2,(H2,12,14)(H3,11,15,16)(H,20,21,22)/t3-,4-,6-,10?/m0/s1. The molecule has 25 heavy (non-hydrogen) atoms. The highest BCUT2D eigenvalue weighted by Gasteiger charge is 2.66. The molecule has 0 radical (unpaired) electrons. The molecular weight excluding hydrogens is 362 g/mol. The van der Waals surface area contributed by atoms with Gasteiger partial charge in [-0.1, -0.05) is 0 Å². The summed E-state index contributed by atoms with van der Waals surface area (Å²) in [6, 6.07) is -1.95. The lowest BCUT2D eigenvalue weighted by Gasteiger charge is -2.43. The molecule has 0 bridgehead atoms. The summed E-state index contributed by atoms with van der Waals surface area (Å²) in [5.74, 6) is 2.91. The van der Waals surface area contributed by atoms with Gasteiger partial charge in [0.05, 0.1) is 19.0 Å². The van der Waals surface area contributed by atoms with Crippen molar-refractivity contribution in [1.82, 2.24) is 10.2 Å². The first-order valence-corrected chi connectivity index (χ1v) is 8.27. The fraction of sp³-hybridized carbons (Fsp3) is 0.600. The van der Waals surface area contributed by atoms with Crippen molar-refractivity contribution in [1.29, 1.82) is 0 Å². The Morgan fingerprint density at radius 3 is 2.72 bits per heavy atom. The first kappa shape index (κ1) is 17.3. The van der Waals surface area contributed by atoms with Gasteiger partial charge in [0, 0.05) is 0 Å². The molecule has 0 aliphatic carbocycles. The van der Waals surface area contributed by atoms with Gasteiger partial charge >= 0.3 is 16.4 Å². The van der Waals surface area contributed by atoms with Crippen LogP contribution in [0.1, 0.15) is 6.42 Å². The Morgan fingerprint density at radius 2 is 2.12 bits per heavy atom. The lowest BCUT2D eigenvalue weighted by Crippen LogP contribution is -2.71. The van der Waals surface area contributed by atoms with Crippen molar-refractivity contribution in [2.45, 2.75) is 30.3 Å². The summed E-state index contributed by atoms with van der Waals surface area (Å²) in [6.07, 6.45) is -1.91. The van der Waals surface area contributed by atoms with E-state index in [1.807, 2.05) is 0 Å². The van der Waals surface area contributed by atoms with E-state index >= 15 is 0 Å². The predicted octanol–water partition coefficient (Wildman–Crippen LogP) is -4.45. The summed E-state index contributed by atoms with van der Waals surface area (Å²) >= 11 is 0. The zero-order valence-corrected chi connectivity index (χ0v) is 13.3. The number of carbonyl (C=O) groups is 2. The maximum Gasteiger partial charge on any atom is 0.398 e. The SMILES string of the molecule is NOC(=O)C[C@@H]1N=C(N)N2C[C@H](OS(=O)(=O)O)C(=O)C23NC(N)=N[C@@H]13. The molecule has 1 saturated heterocycles. The number of ketones is 1. The number of hydrogen-bond acceptors (Lipinski definition) is 13. The second-order valence-electron chi connectivity index (χ2n) is 5.59. The van der Waals surface area contributed by atoms with Crippen LogP contribution in [0.3, 0.4) is 0 Å². The maximum atomic E-state index is 12.8. The highest BCUT2D eigenvalue weighted by molar-refractivity contribution is 7.80. The highest BCUT2D eigenvalue weighted by Crippen LogP contribution is 2.39. The average Bonchev–Trinajstić information content (AvgIpc) is 2.98. The van der Waals surface area contributed by atoms with E-state index in [2.05, 4.69) is 24.3 Å². The first-order chi connectivity index (χ1) is 11.6. The molecule has 3 aliphatic rings. The quantitative estimate of drug-likeness (QED) is 0.231. The highest BCUT2D eigenvalue weighted by atomic mass is 32.3. The molecule has 8 N–H and O–H groups in total. The second kappa shape index (κ2) is 5.51. The largest absolute Gasteiger partial charge is 0.398 e. The lowest BCUT2D eigenvalue weighted by atomic mass is 9.88. The van der Waals surface area contributed by atoms with Crippen LogP contribution >= 0.6 is 0 Å². The van der Waals surface area contributed by atoms with Crippen molar-refractivity contribution in [2.24, 2.45) is 27.3 Å². The number of nitrogens with two attached hydrogens (primary N) is 3. The van der Waals surface area contributed by atoms with E-state index in [9.17, 15) is 18.0 Å². The zero-order chi connectivity index (χ0) is 18.6. The first-order valence-electron chi connectivity index (χ1n) is 6.90. The van der Waals surface area contributed by atoms with Crippen LogP contribution in [0, 0.1) is 0 Å². The smallest absolute Gasteiger partial charge is 0.373 e. The van der Waals surface area contributed by atoms with Gasteiger partial charge in [0.15, 0.2) is 18.0 Å². The van der Waals surface area contributed by atoms with Crippen molar-refractivity contribution in [3.63, 3.8) is 0 Å². The van der Waals surface area contributed by atoms with Gasteiger partial charge in [0.2, 0.25) is 11.4 Å². The number of rotatable bonds is 4. The van der Waals surface area contributed by atoms with E-state index < -0.39 is 46.0 Å². The van der Waals surface area contributed by atoms with Crippen LogP contribution in [0.15, 0.2) is 9.98 Å². The number of aliphatic imine (C=N–C) groups is 2. The molecule has 0 aromatic carbocycles. The Bertz CT molecular complexity index is 795. The van der Waals surface area contributed by atoms with Gasteiger partial charge in [-0.05, 0) is 0 Å². The minimum absolute atomic E-state index is 0.133. The maximum absolute atomic E-state index is 12.8. The molecule has 0 amide bonds. The monoisotopic (exact) mass is 377 g/mol. The number of nitrogens with zero attached hydrogens (tertiary/aromatic N) is 3. The van der Waals surface area contributed by atoms with Crippen molar-refractivity contribution < 1.29 is 31.6 Å². The van der Waals surface area contributed by atoms with Crippen molar-refractivity contribution in [2.75, 3.05) is 6.54 Å². The average molecular weight is 377 g/mol.